The van der Waals surface area contributed by atoms with Crippen LogP contribution in [0.15, 0.2) is 56.3 Å². The first-order valence-electron chi connectivity index (χ1n) is 7.59. The lowest BCUT2D eigenvalue weighted by atomic mass is 10.2. The molecule has 0 saturated heterocycles. The van der Waals surface area contributed by atoms with Crippen molar-refractivity contribution in [3.63, 3.8) is 0 Å². The van der Waals surface area contributed by atoms with Gasteiger partial charge in [-0.3, -0.25) is 4.90 Å². The van der Waals surface area contributed by atoms with Crippen LogP contribution in [-0.2, 0) is 19.6 Å². The summed E-state index contributed by atoms with van der Waals surface area (Å²) >= 11 is 0. The Balaban J connectivity index is 1.51. The van der Waals surface area contributed by atoms with E-state index in [9.17, 15) is 0 Å². The van der Waals surface area contributed by atoms with E-state index in [1.807, 2.05) is 30.5 Å². The molecule has 1 fully saturated rings. The van der Waals surface area contributed by atoms with Crippen LogP contribution in [-0.4, -0.2) is 10.1 Å². The van der Waals surface area contributed by atoms with Gasteiger partial charge in [0.1, 0.15) is 17.3 Å². The molecule has 114 valence electrons. The lowest BCUT2D eigenvalue weighted by Gasteiger charge is -2.19. The molecule has 5 nitrogen and oxygen atoms in total. The van der Waals surface area contributed by atoms with E-state index in [-0.39, 0.29) is 0 Å². The fourth-order valence-corrected chi connectivity index (χ4v) is 2.72. The summed E-state index contributed by atoms with van der Waals surface area (Å²) in [4.78, 5) is 2.27. The van der Waals surface area contributed by atoms with Gasteiger partial charge in [-0.2, -0.15) is 0 Å². The molecule has 0 bridgehead atoms. The van der Waals surface area contributed by atoms with E-state index in [1.165, 1.54) is 18.4 Å². The predicted octanol–water partition coefficient (Wildman–Crippen LogP) is 3.94. The third-order valence-corrected chi connectivity index (χ3v) is 3.94. The fraction of sp³-hybridized carbons (Fsp3) is 0.353. The summed E-state index contributed by atoms with van der Waals surface area (Å²) in [6.07, 6.45) is 7.66. The van der Waals surface area contributed by atoms with Crippen LogP contribution >= 0.6 is 0 Å². The van der Waals surface area contributed by atoms with Crippen LogP contribution in [0.4, 0.5) is 0 Å². The van der Waals surface area contributed by atoms with Crippen molar-refractivity contribution in [1.82, 2.24) is 10.1 Å². The van der Waals surface area contributed by atoms with Crippen LogP contribution in [0.2, 0.25) is 0 Å². The zero-order valence-corrected chi connectivity index (χ0v) is 12.3. The second-order valence-corrected chi connectivity index (χ2v) is 5.79. The molecule has 3 aromatic heterocycles. The third kappa shape index (κ3) is 2.99. The van der Waals surface area contributed by atoms with Crippen molar-refractivity contribution in [1.29, 1.82) is 0 Å². The van der Waals surface area contributed by atoms with Gasteiger partial charge in [-0.05, 0) is 37.1 Å². The fourth-order valence-electron chi connectivity index (χ4n) is 2.72. The van der Waals surface area contributed by atoms with E-state index in [0.717, 1.165) is 36.9 Å². The number of furan rings is 2. The minimum absolute atomic E-state index is 0.562. The van der Waals surface area contributed by atoms with E-state index in [4.69, 9.17) is 13.4 Å². The van der Waals surface area contributed by atoms with Gasteiger partial charge >= 0.3 is 0 Å². The van der Waals surface area contributed by atoms with Crippen LogP contribution in [0.25, 0.3) is 0 Å². The second-order valence-electron chi connectivity index (χ2n) is 5.79. The number of nitrogens with zero attached hydrogens (tertiary/aromatic N) is 2. The Labute approximate surface area is 128 Å². The van der Waals surface area contributed by atoms with Crippen LogP contribution in [0.3, 0.4) is 0 Å². The smallest absolute Gasteiger partial charge is 0.144 e. The summed E-state index contributed by atoms with van der Waals surface area (Å²) in [6, 6.07) is 7.81. The molecule has 22 heavy (non-hydrogen) atoms. The summed E-state index contributed by atoms with van der Waals surface area (Å²) in [5.74, 6) is 3.49. The minimum atomic E-state index is 0.562. The van der Waals surface area contributed by atoms with Crippen LogP contribution in [0, 0.1) is 0 Å². The van der Waals surface area contributed by atoms with Crippen molar-refractivity contribution in [3.8, 4) is 0 Å². The first kappa shape index (κ1) is 13.4. The van der Waals surface area contributed by atoms with E-state index >= 15 is 0 Å². The highest BCUT2D eigenvalue weighted by atomic mass is 16.5. The quantitative estimate of drug-likeness (QED) is 0.661. The normalized spacial score (nSPS) is 14.8. The van der Waals surface area contributed by atoms with Crippen molar-refractivity contribution in [2.45, 2.75) is 38.4 Å². The van der Waals surface area contributed by atoms with Gasteiger partial charge in [0.25, 0.3) is 0 Å². The summed E-state index contributed by atoms with van der Waals surface area (Å²) in [5, 5.41) is 3.98. The van der Waals surface area contributed by atoms with Crippen molar-refractivity contribution >= 4 is 0 Å². The van der Waals surface area contributed by atoms with E-state index in [1.54, 1.807) is 12.5 Å². The molecule has 0 spiro atoms. The van der Waals surface area contributed by atoms with Crippen molar-refractivity contribution < 1.29 is 13.4 Å². The van der Waals surface area contributed by atoms with Gasteiger partial charge in [0.2, 0.25) is 0 Å². The molecule has 0 aliphatic heterocycles. The molecule has 3 heterocycles. The largest absolute Gasteiger partial charge is 0.468 e. The average molecular weight is 298 g/mol. The SMILES string of the molecule is c1coc(CN(Cc2ccco2)Cc2cnoc2C2CC2)c1. The average Bonchev–Trinajstić information content (AvgIpc) is 2.97. The summed E-state index contributed by atoms with van der Waals surface area (Å²) in [6.45, 7) is 2.22. The number of aromatic nitrogens is 1. The van der Waals surface area contributed by atoms with E-state index < -0.39 is 0 Å². The highest BCUT2D eigenvalue weighted by Gasteiger charge is 2.30. The Morgan fingerprint density at radius 1 is 1.00 bits per heavy atom. The van der Waals surface area contributed by atoms with Crippen LogP contribution in [0.1, 0.15) is 41.6 Å². The van der Waals surface area contributed by atoms with Gasteiger partial charge in [0, 0.05) is 18.0 Å². The standard InChI is InChI=1S/C17H18N2O3/c1-3-15(20-7-1)11-19(12-16-4-2-8-21-16)10-14-9-18-22-17(14)13-5-6-13/h1-4,7-9,13H,5-6,10-12H2. The highest BCUT2D eigenvalue weighted by molar-refractivity contribution is 5.21. The molecule has 3 aromatic rings. The van der Waals surface area contributed by atoms with Gasteiger partial charge in [-0.15, -0.1) is 0 Å². The molecular weight excluding hydrogens is 280 g/mol. The van der Waals surface area contributed by atoms with Gasteiger partial charge in [0.05, 0.1) is 31.8 Å². The van der Waals surface area contributed by atoms with Crippen molar-refractivity contribution in [2.75, 3.05) is 0 Å². The Kier molecular flexibility index (Phi) is 3.56. The molecule has 0 unspecified atom stereocenters. The number of hydrogen-bond donors (Lipinski definition) is 0. The predicted molar refractivity (Wildman–Crippen MR) is 78.8 cm³/mol. The van der Waals surface area contributed by atoms with Gasteiger partial charge < -0.3 is 13.4 Å². The van der Waals surface area contributed by atoms with Crippen LogP contribution < -0.4 is 0 Å². The first-order chi connectivity index (χ1) is 10.9. The maximum atomic E-state index is 5.48. The Morgan fingerprint density at radius 3 is 2.23 bits per heavy atom. The molecule has 0 amide bonds. The molecule has 1 saturated carbocycles. The van der Waals surface area contributed by atoms with E-state index in [2.05, 4.69) is 10.1 Å². The Bertz CT molecular complexity index is 660. The van der Waals surface area contributed by atoms with Gasteiger partial charge in [0.15, 0.2) is 0 Å². The molecule has 1 aliphatic carbocycles. The minimum Gasteiger partial charge on any atom is -0.468 e. The Morgan fingerprint density at radius 2 is 1.68 bits per heavy atom. The molecule has 5 heteroatoms. The Hall–Kier alpha value is -2.27. The van der Waals surface area contributed by atoms with Crippen LogP contribution in [0.5, 0.6) is 0 Å². The molecule has 0 radical (unpaired) electrons. The molecule has 4 rings (SSSR count). The maximum Gasteiger partial charge on any atom is 0.144 e. The topological polar surface area (TPSA) is 55.6 Å². The summed E-state index contributed by atoms with van der Waals surface area (Å²) in [7, 11) is 0. The lowest BCUT2D eigenvalue weighted by molar-refractivity contribution is 0.208. The molecule has 0 atom stereocenters. The number of hydrogen-bond acceptors (Lipinski definition) is 5. The van der Waals surface area contributed by atoms with E-state index in [0.29, 0.717) is 5.92 Å². The molecule has 0 aromatic carbocycles. The lowest BCUT2D eigenvalue weighted by Crippen LogP contribution is -2.22. The maximum absolute atomic E-state index is 5.48. The monoisotopic (exact) mass is 298 g/mol. The zero-order chi connectivity index (χ0) is 14.8. The summed E-state index contributed by atoms with van der Waals surface area (Å²) in [5.41, 5.74) is 1.17. The van der Waals surface area contributed by atoms with Crippen molar-refractivity contribution in [3.05, 3.63) is 65.8 Å². The highest BCUT2D eigenvalue weighted by Crippen LogP contribution is 2.41. The zero-order valence-electron chi connectivity index (χ0n) is 12.3. The van der Waals surface area contributed by atoms with Gasteiger partial charge in [-0.25, -0.2) is 0 Å². The van der Waals surface area contributed by atoms with Crippen molar-refractivity contribution in [2.24, 2.45) is 0 Å². The third-order valence-electron chi connectivity index (χ3n) is 3.94. The first-order valence-corrected chi connectivity index (χ1v) is 7.59. The number of rotatable bonds is 7. The van der Waals surface area contributed by atoms with Gasteiger partial charge in [-0.1, -0.05) is 5.16 Å². The molecule has 0 N–H and O–H groups in total. The molecular formula is C17H18N2O3. The second kappa shape index (κ2) is 5.85. The molecule has 1 aliphatic rings. The summed E-state index contributed by atoms with van der Waals surface area (Å²) < 4.78 is 16.4.